The van der Waals surface area contributed by atoms with E-state index >= 15 is 0 Å². The van der Waals surface area contributed by atoms with Crippen molar-refractivity contribution in [1.29, 1.82) is 0 Å². The molecule has 16 heavy (non-hydrogen) atoms. The number of aryl methyl sites for hydroxylation is 1. The van der Waals surface area contributed by atoms with Crippen molar-refractivity contribution in [2.75, 3.05) is 19.6 Å². The van der Waals surface area contributed by atoms with Gasteiger partial charge in [0.05, 0.1) is 11.2 Å². The molecule has 0 amide bonds. The first kappa shape index (κ1) is 10.7. The molecule has 2 aliphatic rings. The minimum atomic E-state index is 0.736. The lowest BCUT2D eigenvalue weighted by atomic mass is 9.94. The maximum absolute atomic E-state index is 4.30. The molecule has 1 aromatic rings. The number of piperidine rings is 1. The van der Waals surface area contributed by atoms with Gasteiger partial charge in [0, 0.05) is 24.0 Å². The van der Waals surface area contributed by atoms with Crippen molar-refractivity contribution in [2.45, 2.75) is 32.4 Å². The number of fused-ring (bicyclic) bond motifs is 2. The van der Waals surface area contributed by atoms with Crippen LogP contribution < -0.4 is 5.32 Å². The molecule has 2 fully saturated rings. The Labute approximate surface area is 101 Å². The second-order valence-corrected chi connectivity index (χ2v) is 5.93. The minimum absolute atomic E-state index is 0.736. The topological polar surface area (TPSA) is 28.2 Å². The summed E-state index contributed by atoms with van der Waals surface area (Å²) in [5.41, 5.74) is 3.14. The third-order valence-electron chi connectivity index (χ3n) is 4.00. The van der Waals surface area contributed by atoms with Crippen LogP contribution in [0.3, 0.4) is 0 Å². The first-order valence-corrected chi connectivity index (χ1v) is 7.05. The third kappa shape index (κ3) is 2.01. The van der Waals surface area contributed by atoms with E-state index in [0.29, 0.717) is 0 Å². The second kappa shape index (κ2) is 4.43. The smallest absolute Gasteiger partial charge is 0.0798 e. The fourth-order valence-electron chi connectivity index (χ4n) is 2.94. The molecule has 3 atom stereocenters. The Bertz CT molecular complexity index is 363. The Morgan fingerprint density at radius 1 is 1.50 bits per heavy atom. The minimum Gasteiger partial charge on any atom is -0.309 e. The van der Waals surface area contributed by atoms with Gasteiger partial charge in [0.1, 0.15) is 0 Å². The van der Waals surface area contributed by atoms with Gasteiger partial charge in [-0.05, 0) is 38.8 Å². The molecule has 3 rings (SSSR count). The fraction of sp³-hybridized carbons (Fsp3) is 0.750. The number of hydrogen-bond acceptors (Lipinski definition) is 4. The summed E-state index contributed by atoms with van der Waals surface area (Å²) >= 11 is 1.77. The van der Waals surface area contributed by atoms with Gasteiger partial charge in [-0.15, -0.1) is 11.3 Å². The maximum Gasteiger partial charge on any atom is 0.0798 e. The van der Waals surface area contributed by atoms with E-state index in [-0.39, 0.29) is 0 Å². The van der Waals surface area contributed by atoms with Crippen LogP contribution in [-0.2, 0) is 6.54 Å². The molecule has 88 valence electrons. The molecule has 0 spiro atoms. The zero-order valence-electron chi connectivity index (χ0n) is 9.78. The van der Waals surface area contributed by atoms with Crippen LogP contribution >= 0.6 is 11.3 Å². The number of nitrogens with zero attached hydrogens (tertiary/aromatic N) is 2. The lowest BCUT2D eigenvalue weighted by Crippen LogP contribution is -2.43. The monoisotopic (exact) mass is 237 g/mol. The van der Waals surface area contributed by atoms with Crippen molar-refractivity contribution in [3.05, 3.63) is 16.1 Å². The van der Waals surface area contributed by atoms with Crippen LogP contribution in [-0.4, -0.2) is 35.6 Å². The van der Waals surface area contributed by atoms with Crippen molar-refractivity contribution >= 4 is 11.3 Å². The molecule has 1 N–H and O–H groups in total. The van der Waals surface area contributed by atoms with E-state index in [1.165, 1.54) is 43.0 Å². The number of thiazole rings is 1. The molecule has 3 heterocycles. The van der Waals surface area contributed by atoms with Crippen molar-refractivity contribution in [3.8, 4) is 0 Å². The highest BCUT2D eigenvalue weighted by Crippen LogP contribution is 2.27. The molecule has 3 nitrogen and oxygen atoms in total. The molecule has 3 unspecified atom stereocenters. The molecule has 0 aliphatic carbocycles. The van der Waals surface area contributed by atoms with E-state index in [4.69, 9.17) is 0 Å². The Kier molecular flexibility index (Phi) is 2.96. The van der Waals surface area contributed by atoms with Crippen molar-refractivity contribution in [3.63, 3.8) is 0 Å². The zero-order valence-corrected chi connectivity index (χ0v) is 10.6. The summed E-state index contributed by atoms with van der Waals surface area (Å²) in [4.78, 5) is 8.30. The Morgan fingerprint density at radius 2 is 2.38 bits per heavy atom. The lowest BCUT2D eigenvalue weighted by molar-refractivity contribution is 0.220. The molecule has 2 bridgehead atoms. The van der Waals surface area contributed by atoms with E-state index in [9.17, 15) is 0 Å². The molecular formula is C12H19N3S. The van der Waals surface area contributed by atoms with Crippen LogP contribution in [0.5, 0.6) is 0 Å². The standard InChI is InChI=1S/C12H19N3S/c1-9-12(16-8-14-9)6-13-11-3-5-15-4-2-10(11)7-15/h8,10-11,13H,2-7H2,1H3. The molecule has 0 radical (unpaired) electrons. The van der Waals surface area contributed by atoms with Crippen LogP contribution in [0.1, 0.15) is 23.4 Å². The average Bonchev–Trinajstić information content (AvgIpc) is 2.86. The van der Waals surface area contributed by atoms with Gasteiger partial charge in [-0.25, -0.2) is 4.98 Å². The quantitative estimate of drug-likeness (QED) is 0.866. The van der Waals surface area contributed by atoms with Gasteiger partial charge in [0.15, 0.2) is 0 Å². The van der Waals surface area contributed by atoms with Crippen LogP contribution in [0.25, 0.3) is 0 Å². The van der Waals surface area contributed by atoms with Crippen LogP contribution in [0.2, 0.25) is 0 Å². The van der Waals surface area contributed by atoms with Crippen molar-refractivity contribution in [1.82, 2.24) is 15.2 Å². The van der Waals surface area contributed by atoms with Crippen LogP contribution in [0, 0.1) is 12.8 Å². The van der Waals surface area contributed by atoms with Crippen molar-refractivity contribution in [2.24, 2.45) is 5.92 Å². The highest BCUT2D eigenvalue weighted by atomic mass is 32.1. The SMILES string of the molecule is Cc1ncsc1CNC1CCN2CCC1C2. The summed E-state index contributed by atoms with van der Waals surface area (Å²) in [5, 5.41) is 3.74. The van der Waals surface area contributed by atoms with E-state index in [2.05, 4.69) is 22.1 Å². The fourth-order valence-corrected chi connectivity index (χ4v) is 3.67. The first-order chi connectivity index (χ1) is 7.83. The van der Waals surface area contributed by atoms with E-state index in [0.717, 1.165) is 18.5 Å². The van der Waals surface area contributed by atoms with Gasteiger partial charge in [0.25, 0.3) is 0 Å². The number of hydrogen-bond donors (Lipinski definition) is 1. The second-order valence-electron chi connectivity index (χ2n) is 4.99. The summed E-state index contributed by atoms with van der Waals surface area (Å²) < 4.78 is 0. The molecule has 2 saturated heterocycles. The largest absolute Gasteiger partial charge is 0.309 e. The van der Waals surface area contributed by atoms with Gasteiger partial charge in [-0.2, -0.15) is 0 Å². The Hall–Kier alpha value is -0.450. The number of nitrogens with one attached hydrogen (secondary N) is 1. The maximum atomic E-state index is 4.30. The highest BCUT2D eigenvalue weighted by Gasteiger charge is 2.33. The first-order valence-electron chi connectivity index (χ1n) is 6.17. The predicted octanol–water partition coefficient (Wildman–Crippen LogP) is 1.64. The number of aromatic nitrogens is 1. The van der Waals surface area contributed by atoms with E-state index in [1.807, 2.05) is 5.51 Å². The van der Waals surface area contributed by atoms with Gasteiger partial charge in [-0.3, -0.25) is 0 Å². The van der Waals surface area contributed by atoms with Gasteiger partial charge >= 0.3 is 0 Å². The summed E-state index contributed by atoms with van der Waals surface area (Å²) in [7, 11) is 0. The number of rotatable bonds is 3. The van der Waals surface area contributed by atoms with Gasteiger partial charge < -0.3 is 10.2 Å². The average molecular weight is 237 g/mol. The normalized spacial score (nSPS) is 33.2. The van der Waals surface area contributed by atoms with Crippen LogP contribution in [0.15, 0.2) is 5.51 Å². The van der Waals surface area contributed by atoms with Crippen molar-refractivity contribution < 1.29 is 0 Å². The molecule has 4 heteroatoms. The van der Waals surface area contributed by atoms with Gasteiger partial charge in [0.2, 0.25) is 0 Å². The summed E-state index contributed by atoms with van der Waals surface area (Å²) in [5.74, 6) is 0.891. The third-order valence-corrected chi connectivity index (χ3v) is 4.94. The Morgan fingerprint density at radius 3 is 3.19 bits per heavy atom. The van der Waals surface area contributed by atoms with Crippen LogP contribution in [0.4, 0.5) is 0 Å². The van der Waals surface area contributed by atoms with E-state index < -0.39 is 0 Å². The zero-order chi connectivity index (χ0) is 11.0. The lowest BCUT2D eigenvalue weighted by Gasteiger charge is -2.31. The highest BCUT2D eigenvalue weighted by molar-refractivity contribution is 7.09. The molecule has 0 aromatic carbocycles. The Balaban J connectivity index is 1.57. The van der Waals surface area contributed by atoms with Gasteiger partial charge in [-0.1, -0.05) is 0 Å². The molecule has 0 saturated carbocycles. The van der Waals surface area contributed by atoms with E-state index in [1.54, 1.807) is 11.3 Å². The predicted molar refractivity (Wildman–Crippen MR) is 66.6 cm³/mol. The summed E-state index contributed by atoms with van der Waals surface area (Å²) in [6.45, 7) is 7.04. The molecular weight excluding hydrogens is 218 g/mol. The molecule has 2 aliphatic heterocycles. The summed E-state index contributed by atoms with van der Waals surface area (Å²) in [6.07, 6.45) is 2.71. The molecule has 1 aromatic heterocycles. The summed E-state index contributed by atoms with van der Waals surface area (Å²) in [6, 6.07) is 0.736.